The molecule has 1 saturated heterocycles. The topological polar surface area (TPSA) is 54.0 Å². The molecule has 1 fully saturated rings. The number of amides is 2. The van der Waals surface area contributed by atoms with Crippen LogP contribution in [0.25, 0.3) is 0 Å². The van der Waals surface area contributed by atoms with Gasteiger partial charge >= 0.3 is 6.03 Å². The van der Waals surface area contributed by atoms with Crippen LogP contribution in [0.5, 0.6) is 11.5 Å². The number of piperazine rings is 1. The minimum absolute atomic E-state index is 0.0792. The van der Waals surface area contributed by atoms with Gasteiger partial charge in [-0.15, -0.1) is 0 Å². The monoisotopic (exact) mass is 353 g/mol. The van der Waals surface area contributed by atoms with E-state index in [1.165, 1.54) is 16.8 Å². The smallest absolute Gasteiger partial charge is 0.321 e. The number of nitrogens with one attached hydrogen (secondary N) is 1. The summed E-state index contributed by atoms with van der Waals surface area (Å²) in [5, 5.41) is 2.95. The first kappa shape index (κ1) is 16.6. The molecule has 2 heterocycles. The summed E-state index contributed by atoms with van der Waals surface area (Å²) in [7, 11) is 0. The molecule has 0 bridgehead atoms. The molecule has 0 atom stereocenters. The van der Waals surface area contributed by atoms with Crippen molar-refractivity contribution < 1.29 is 14.3 Å². The summed E-state index contributed by atoms with van der Waals surface area (Å²) in [5.74, 6) is 1.38. The average Bonchev–Trinajstić information content (AvgIpc) is 3.11. The van der Waals surface area contributed by atoms with Crippen molar-refractivity contribution in [2.24, 2.45) is 0 Å². The highest BCUT2D eigenvalue weighted by Crippen LogP contribution is 2.34. The predicted octanol–water partition coefficient (Wildman–Crippen LogP) is 3.39. The molecule has 6 heteroatoms. The quantitative estimate of drug-likeness (QED) is 0.899. The summed E-state index contributed by atoms with van der Waals surface area (Å²) >= 11 is 0. The number of ether oxygens (including phenoxy) is 2. The van der Waals surface area contributed by atoms with E-state index in [1.54, 1.807) is 6.07 Å². The summed E-state index contributed by atoms with van der Waals surface area (Å²) in [4.78, 5) is 16.8. The fourth-order valence-electron chi connectivity index (χ4n) is 3.39. The van der Waals surface area contributed by atoms with Crippen molar-refractivity contribution in [1.82, 2.24) is 4.90 Å². The Morgan fingerprint density at radius 2 is 1.73 bits per heavy atom. The van der Waals surface area contributed by atoms with Gasteiger partial charge < -0.3 is 24.6 Å². The Bertz CT molecular complexity index is 829. The second-order valence-electron chi connectivity index (χ2n) is 6.76. The number of nitrogens with zero attached hydrogens (tertiary/aromatic N) is 2. The lowest BCUT2D eigenvalue weighted by Gasteiger charge is -2.36. The summed E-state index contributed by atoms with van der Waals surface area (Å²) in [6.07, 6.45) is 0. The molecule has 26 heavy (non-hydrogen) atoms. The zero-order chi connectivity index (χ0) is 18.1. The van der Waals surface area contributed by atoms with Crippen LogP contribution in [0.1, 0.15) is 11.1 Å². The normalized spacial score (nSPS) is 15.9. The van der Waals surface area contributed by atoms with Gasteiger partial charge in [0, 0.05) is 43.6 Å². The molecular weight excluding hydrogens is 330 g/mol. The molecule has 2 aromatic rings. The molecule has 136 valence electrons. The van der Waals surface area contributed by atoms with E-state index < -0.39 is 0 Å². The third-order valence-electron chi connectivity index (χ3n) is 4.90. The van der Waals surface area contributed by atoms with Crippen LogP contribution < -0.4 is 19.7 Å². The maximum absolute atomic E-state index is 12.6. The van der Waals surface area contributed by atoms with Crippen molar-refractivity contribution in [2.75, 3.05) is 43.2 Å². The van der Waals surface area contributed by atoms with Crippen molar-refractivity contribution in [3.05, 3.63) is 47.5 Å². The van der Waals surface area contributed by atoms with Crippen molar-refractivity contribution in [3.63, 3.8) is 0 Å². The Morgan fingerprint density at radius 1 is 0.962 bits per heavy atom. The number of carbonyl (C=O) groups is 1. The molecule has 0 aromatic heterocycles. The maximum atomic E-state index is 12.6. The molecule has 2 aliphatic heterocycles. The highest BCUT2D eigenvalue weighted by Gasteiger charge is 2.23. The van der Waals surface area contributed by atoms with E-state index in [2.05, 4.69) is 42.3 Å². The molecular formula is C20H23N3O3. The Morgan fingerprint density at radius 3 is 2.54 bits per heavy atom. The molecule has 0 radical (unpaired) electrons. The summed E-state index contributed by atoms with van der Waals surface area (Å²) in [5.41, 5.74) is 4.51. The zero-order valence-electron chi connectivity index (χ0n) is 15.1. The fraction of sp³-hybridized carbons (Fsp3) is 0.350. The van der Waals surface area contributed by atoms with Crippen molar-refractivity contribution in [3.8, 4) is 11.5 Å². The molecule has 0 aliphatic carbocycles. The first-order valence-electron chi connectivity index (χ1n) is 8.88. The van der Waals surface area contributed by atoms with Crippen LogP contribution in [0.2, 0.25) is 0 Å². The number of urea groups is 1. The molecule has 1 N–H and O–H groups in total. The van der Waals surface area contributed by atoms with E-state index in [-0.39, 0.29) is 12.8 Å². The lowest BCUT2D eigenvalue weighted by atomic mass is 10.1. The van der Waals surface area contributed by atoms with E-state index >= 15 is 0 Å². The van der Waals surface area contributed by atoms with Crippen LogP contribution in [-0.4, -0.2) is 43.9 Å². The van der Waals surface area contributed by atoms with Crippen molar-refractivity contribution >= 4 is 17.4 Å². The number of aryl methyl sites for hydroxylation is 2. The summed E-state index contributed by atoms with van der Waals surface area (Å²) < 4.78 is 10.7. The van der Waals surface area contributed by atoms with Gasteiger partial charge in [-0.3, -0.25) is 0 Å². The highest BCUT2D eigenvalue weighted by molar-refractivity contribution is 5.90. The molecule has 0 spiro atoms. The average molecular weight is 353 g/mol. The van der Waals surface area contributed by atoms with Gasteiger partial charge in [-0.05, 0) is 43.2 Å². The Kier molecular flexibility index (Phi) is 4.32. The molecule has 0 saturated carbocycles. The van der Waals surface area contributed by atoms with Crippen LogP contribution in [0.15, 0.2) is 36.4 Å². The minimum Gasteiger partial charge on any atom is -0.454 e. The Hall–Kier alpha value is -2.89. The van der Waals surface area contributed by atoms with Gasteiger partial charge in [-0.1, -0.05) is 12.1 Å². The lowest BCUT2D eigenvalue weighted by molar-refractivity contribution is 0.174. The Balaban J connectivity index is 1.37. The number of anilines is 2. The second kappa shape index (κ2) is 6.78. The van der Waals surface area contributed by atoms with Gasteiger partial charge in [0.2, 0.25) is 6.79 Å². The number of rotatable bonds is 2. The SMILES string of the molecule is Cc1ccc(C)c(N2CCN(C(=O)Nc3ccc4c(c3)OCO4)CC2)c1. The number of hydrogen-bond donors (Lipinski definition) is 1. The van der Waals surface area contributed by atoms with E-state index in [0.717, 1.165) is 18.8 Å². The van der Waals surface area contributed by atoms with Crippen LogP contribution in [0.4, 0.5) is 16.2 Å². The minimum atomic E-state index is -0.0792. The van der Waals surface area contributed by atoms with Crippen LogP contribution in [-0.2, 0) is 0 Å². The molecule has 2 amide bonds. The first-order chi connectivity index (χ1) is 12.6. The third-order valence-corrected chi connectivity index (χ3v) is 4.90. The van der Waals surface area contributed by atoms with E-state index in [1.807, 2.05) is 17.0 Å². The summed E-state index contributed by atoms with van der Waals surface area (Å²) in [6.45, 7) is 7.53. The van der Waals surface area contributed by atoms with Gasteiger partial charge in [-0.2, -0.15) is 0 Å². The third kappa shape index (κ3) is 3.27. The van der Waals surface area contributed by atoms with Gasteiger partial charge in [0.05, 0.1) is 0 Å². The number of fused-ring (bicyclic) bond motifs is 1. The molecule has 6 nitrogen and oxygen atoms in total. The van der Waals surface area contributed by atoms with E-state index in [4.69, 9.17) is 9.47 Å². The van der Waals surface area contributed by atoms with Gasteiger partial charge in [-0.25, -0.2) is 4.79 Å². The first-order valence-corrected chi connectivity index (χ1v) is 8.88. The van der Waals surface area contributed by atoms with E-state index in [9.17, 15) is 4.79 Å². The van der Waals surface area contributed by atoms with Gasteiger partial charge in [0.25, 0.3) is 0 Å². The molecule has 4 rings (SSSR count). The van der Waals surface area contributed by atoms with Gasteiger partial charge in [0.15, 0.2) is 11.5 Å². The zero-order valence-corrected chi connectivity index (χ0v) is 15.1. The number of hydrogen-bond acceptors (Lipinski definition) is 4. The van der Waals surface area contributed by atoms with Crippen molar-refractivity contribution in [1.29, 1.82) is 0 Å². The summed E-state index contributed by atoms with van der Waals surface area (Å²) in [6, 6.07) is 11.9. The second-order valence-corrected chi connectivity index (χ2v) is 6.76. The largest absolute Gasteiger partial charge is 0.454 e. The van der Waals surface area contributed by atoms with Crippen LogP contribution in [0, 0.1) is 13.8 Å². The lowest BCUT2D eigenvalue weighted by Crippen LogP contribution is -2.50. The molecule has 2 aliphatic rings. The maximum Gasteiger partial charge on any atom is 0.321 e. The number of carbonyl (C=O) groups excluding carboxylic acids is 1. The highest BCUT2D eigenvalue weighted by atomic mass is 16.7. The van der Waals surface area contributed by atoms with Crippen LogP contribution >= 0.6 is 0 Å². The fourth-order valence-corrected chi connectivity index (χ4v) is 3.39. The number of benzene rings is 2. The standard InChI is InChI=1S/C20H23N3O3/c1-14-3-4-15(2)17(11-14)22-7-9-23(10-8-22)20(24)21-16-5-6-18-19(12-16)26-13-25-18/h3-6,11-12H,7-10,13H2,1-2H3,(H,21,24). The van der Waals surface area contributed by atoms with Crippen molar-refractivity contribution in [2.45, 2.75) is 13.8 Å². The predicted molar refractivity (Wildman–Crippen MR) is 101 cm³/mol. The molecule has 0 unspecified atom stereocenters. The van der Waals surface area contributed by atoms with E-state index in [0.29, 0.717) is 24.6 Å². The molecule has 2 aromatic carbocycles. The van der Waals surface area contributed by atoms with Crippen LogP contribution in [0.3, 0.4) is 0 Å². The Labute approximate surface area is 153 Å². The van der Waals surface area contributed by atoms with Gasteiger partial charge in [0.1, 0.15) is 0 Å².